The van der Waals surface area contributed by atoms with E-state index in [0.29, 0.717) is 0 Å². The standard InChI is InChI=1S/C33H38N2O5/c1-24(2)29-33(26-17-11-7-12-18-26,27-19-13-8-14-20-27)40-31(38)35(29)28(36)21-22-34(30(37)39-32(3,4)5)23-25-15-9-6-10-16-25/h6-20,24,29H,21-23H2,1-5H3. The summed E-state index contributed by atoms with van der Waals surface area (Å²) < 4.78 is 11.8. The van der Waals surface area contributed by atoms with Crippen LogP contribution >= 0.6 is 0 Å². The van der Waals surface area contributed by atoms with Gasteiger partial charge in [-0.2, -0.15) is 0 Å². The molecule has 0 radical (unpaired) electrons. The Kier molecular flexibility index (Phi) is 8.62. The fraction of sp³-hybridized carbons (Fsp3) is 0.364. The molecule has 1 atom stereocenters. The van der Waals surface area contributed by atoms with Gasteiger partial charge in [-0.1, -0.05) is 105 Å². The number of hydrogen-bond donors (Lipinski definition) is 0. The van der Waals surface area contributed by atoms with Crippen molar-refractivity contribution in [3.8, 4) is 0 Å². The van der Waals surface area contributed by atoms with E-state index in [9.17, 15) is 14.4 Å². The van der Waals surface area contributed by atoms with Crippen molar-refractivity contribution in [3.63, 3.8) is 0 Å². The summed E-state index contributed by atoms with van der Waals surface area (Å²) in [5.74, 6) is -0.527. The minimum absolute atomic E-state index is 0.0654. The summed E-state index contributed by atoms with van der Waals surface area (Å²) >= 11 is 0. The summed E-state index contributed by atoms with van der Waals surface area (Å²) in [5, 5.41) is 0. The smallest absolute Gasteiger partial charge is 0.418 e. The van der Waals surface area contributed by atoms with Crippen LogP contribution in [0.4, 0.5) is 9.59 Å². The molecule has 3 aromatic rings. The number of cyclic esters (lactones) is 1. The van der Waals surface area contributed by atoms with Crippen LogP contribution < -0.4 is 0 Å². The van der Waals surface area contributed by atoms with Gasteiger partial charge in [-0.25, -0.2) is 14.5 Å². The van der Waals surface area contributed by atoms with Gasteiger partial charge in [0.15, 0.2) is 5.60 Å². The van der Waals surface area contributed by atoms with E-state index < -0.39 is 35.3 Å². The van der Waals surface area contributed by atoms with Gasteiger partial charge in [-0.15, -0.1) is 0 Å². The van der Waals surface area contributed by atoms with Crippen molar-refractivity contribution < 1.29 is 23.9 Å². The molecular formula is C33H38N2O5. The van der Waals surface area contributed by atoms with Gasteiger partial charge in [0.1, 0.15) is 5.60 Å². The average molecular weight is 543 g/mol. The van der Waals surface area contributed by atoms with Crippen molar-refractivity contribution >= 4 is 18.1 Å². The highest BCUT2D eigenvalue weighted by molar-refractivity contribution is 5.95. The van der Waals surface area contributed by atoms with Crippen molar-refractivity contribution in [1.29, 1.82) is 0 Å². The number of ether oxygens (including phenoxy) is 2. The molecular weight excluding hydrogens is 504 g/mol. The van der Waals surface area contributed by atoms with Crippen molar-refractivity contribution in [2.24, 2.45) is 5.92 Å². The largest absolute Gasteiger partial charge is 0.444 e. The monoisotopic (exact) mass is 542 g/mol. The van der Waals surface area contributed by atoms with Crippen molar-refractivity contribution in [1.82, 2.24) is 9.80 Å². The predicted octanol–water partition coefficient (Wildman–Crippen LogP) is 6.76. The summed E-state index contributed by atoms with van der Waals surface area (Å²) in [6.07, 6.45) is -1.27. The Bertz CT molecular complexity index is 1260. The lowest BCUT2D eigenvalue weighted by Crippen LogP contribution is -2.50. The lowest BCUT2D eigenvalue weighted by atomic mass is 9.75. The van der Waals surface area contributed by atoms with Gasteiger partial charge in [-0.3, -0.25) is 4.79 Å². The Balaban J connectivity index is 1.64. The van der Waals surface area contributed by atoms with E-state index in [4.69, 9.17) is 9.47 Å². The first-order chi connectivity index (χ1) is 19.0. The van der Waals surface area contributed by atoms with Gasteiger partial charge < -0.3 is 14.4 Å². The van der Waals surface area contributed by atoms with Crippen LogP contribution in [0.25, 0.3) is 0 Å². The highest BCUT2D eigenvalue weighted by atomic mass is 16.6. The molecule has 0 aliphatic carbocycles. The molecule has 1 unspecified atom stereocenters. The lowest BCUT2D eigenvalue weighted by Gasteiger charge is -2.37. The molecule has 0 N–H and O–H groups in total. The topological polar surface area (TPSA) is 76.2 Å². The Morgan fingerprint density at radius 1 is 0.900 bits per heavy atom. The second-order valence-corrected chi connectivity index (χ2v) is 11.4. The molecule has 40 heavy (non-hydrogen) atoms. The van der Waals surface area contributed by atoms with Crippen LogP contribution in [-0.4, -0.2) is 46.1 Å². The molecule has 7 heteroatoms. The Morgan fingerprint density at radius 3 is 1.88 bits per heavy atom. The number of nitrogens with zero attached hydrogens (tertiary/aromatic N) is 2. The van der Waals surface area contributed by atoms with Gasteiger partial charge in [-0.05, 0) is 32.3 Å². The average Bonchev–Trinajstić information content (AvgIpc) is 3.25. The molecule has 4 rings (SSSR count). The molecule has 210 valence electrons. The molecule has 0 spiro atoms. The van der Waals surface area contributed by atoms with E-state index >= 15 is 0 Å². The fourth-order valence-electron chi connectivity index (χ4n) is 5.28. The van der Waals surface area contributed by atoms with Crippen LogP contribution in [0.1, 0.15) is 57.7 Å². The molecule has 3 amide bonds. The van der Waals surface area contributed by atoms with E-state index in [1.807, 2.05) is 105 Å². The second-order valence-electron chi connectivity index (χ2n) is 11.4. The number of hydrogen-bond acceptors (Lipinski definition) is 5. The first-order valence-electron chi connectivity index (χ1n) is 13.7. The number of amides is 3. The van der Waals surface area contributed by atoms with Crippen LogP contribution in [0, 0.1) is 5.92 Å². The summed E-state index contributed by atoms with van der Waals surface area (Å²) in [6.45, 7) is 9.73. The predicted molar refractivity (Wildman–Crippen MR) is 153 cm³/mol. The highest BCUT2D eigenvalue weighted by Gasteiger charge is 2.59. The summed E-state index contributed by atoms with van der Waals surface area (Å²) in [5.41, 5.74) is 0.639. The quantitative estimate of drug-likeness (QED) is 0.314. The lowest BCUT2D eigenvalue weighted by molar-refractivity contribution is -0.130. The number of imide groups is 1. The van der Waals surface area contributed by atoms with Crippen LogP contribution in [0.15, 0.2) is 91.0 Å². The van der Waals surface area contributed by atoms with E-state index in [1.54, 1.807) is 20.8 Å². The minimum atomic E-state index is -1.17. The van der Waals surface area contributed by atoms with Crippen molar-refractivity contribution in [3.05, 3.63) is 108 Å². The van der Waals surface area contributed by atoms with Crippen molar-refractivity contribution in [2.45, 2.75) is 64.8 Å². The van der Waals surface area contributed by atoms with Gasteiger partial charge in [0.2, 0.25) is 5.91 Å². The van der Waals surface area contributed by atoms with Gasteiger partial charge in [0.05, 0.1) is 6.04 Å². The molecule has 3 aromatic carbocycles. The third kappa shape index (κ3) is 6.19. The molecule has 1 heterocycles. The van der Waals surface area contributed by atoms with Gasteiger partial charge >= 0.3 is 12.2 Å². The summed E-state index contributed by atoms with van der Waals surface area (Å²) in [7, 11) is 0. The number of carbonyl (C=O) groups is 3. The zero-order valence-corrected chi connectivity index (χ0v) is 23.9. The normalized spacial score (nSPS) is 16.5. The van der Waals surface area contributed by atoms with E-state index in [0.717, 1.165) is 16.7 Å². The maximum absolute atomic E-state index is 13.8. The molecule has 0 aromatic heterocycles. The van der Waals surface area contributed by atoms with E-state index in [2.05, 4.69) is 0 Å². The summed E-state index contributed by atoms with van der Waals surface area (Å²) in [6, 6.07) is 28.0. The fourth-order valence-corrected chi connectivity index (χ4v) is 5.28. The molecule has 1 aliphatic heterocycles. The first-order valence-corrected chi connectivity index (χ1v) is 13.7. The maximum Gasteiger partial charge on any atom is 0.418 e. The van der Waals surface area contributed by atoms with Crippen LogP contribution in [0.3, 0.4) is 0 Å². The van der Waals surface area contributed by atoms with Gasteiger partial charge in [0.25, 0.3) is 0 Å². The molecule has 1 aliphatic rings. The molecule has 0 saturated carbocycles. The Hall–Kier alpha value is -4.13. The SMILES string of the molecule is CC(C)C1N(C(=O)CCN(Cc2ccccc2)C(=O)OC(C)(C)C)C(=O)OC1(c1ccccc1)c1ccccc1. The van der Waals surface area contributed by atoms with Crippen molar-refractivity contribution in [2.75, 3.05) is 6.54 Å². The Morgan fingerprint density at radius 2 is 1.40 bits per heavy atom. The van der Waals surface area contributed by atoms with Crippen LogP contribution in [0.2, 0.25) is 0 Å². The first kappa shape index (κ1) is 28.9. The third-order valence-electron chi connectivity index (χ3n) is 6.91. The van der Waals surface area contributed by atoms with Gasteiger partial charge in [0, 0.05) is 30.6 Å². The second kappa shape index (κ2) is 11.9. The van der Waals surface area contributed by atoms with Crippen LogP contribution in [-0.2, 0) is 26.4 Å². The molecule has 7 nitrogen and oxygen atoms in total. The summed E-state index contributed by atoms with van der Waals surface area (Å²) in [4.78, 5) is 43.2. The third-order valence-corrected chi connectivity index (χ3v) is 6.91. The zero-order chi connectivity index (χ0) is 28.9. The molecule has 1 fully saturated rings. The maximum atomic E-state index is 13.8. The molecule has 0 bridgehead atoms. The Labute approximate surface area is 236 Å². The number of benzene rings is 3. The van der Waals surface area contributed by atoms with E-state index in [-0.39, 0.29) is 25.4 Å². The van der Waals surface area contributed by atoms with E-state index in [1.165, 1.54) is 9.80 Å². The zero-order valence-electron chi connectivity index (χ0n) is 23.9. The van der Waals surface area contributed by atoms with Crippen LogP contribution in [0.5, 0.6) is 0 Å². The number of rotatable bonds is 8. The highest BCUT2D eigenvalue weighted by Crippen LogP contribution is 2.47. The minimum Gasteiger partial charge on any atom is -0.444 e. The molecule has 1 saturated heterocycles. The number of carbonyl (C=O) groups excluding carboxylic acids is 3.